The van der Waals surface area contributed by atoms with Gasteiger partial charge in [0, 0.05) is 30.4 Å². The molecule has 4 atom stereocenters. The number of unbranched alkanes of at least 4 members (excludes halogenated alkanes) is 2. The van der Waals surface area contributed by atoms with Crippen molar-refractivity contribution in [2.45, 2.75) is 82.8 Å². The number of aliphatic hydroxyl groups is 2. The Bertz CT molecular complexity index is 600. The molecule has 1 aromatic rings. The number of aryl methyl sites for hydroxylation is 1. The number of aromatic hydroxyl groups is 1. The summed E-state index contributed by atoms with van der Waals surface area (Å²) < 4.78 is 6.39. The highest BCUT2D eigenvalue weighted by Crippen LogP contribution is 2.55. The first-order chi connectivity index (χ1) is 12.0. The summed E-state index contributed by atoms with van der Waals surface area (Å²) in [4.78, 5) is 0. The molecule has 0 bridgehead atoms. The molecular formula is C21H32O4. The summed E-state index contributed by atoms with van der Waals surface area (Å²) in [6, 6.07) is 3.95. The second kappa shape index (κ2) is 7.55. The number of hydrogen-bond acceptors (Lipinski definition) is 4. The number of aliphatic hydroxyl groups excluding tert-OH is 2. The van der Waals surface area contributed by atoms with Crippen molar-refractivity contribution in [2.75, 3.05) is 6.61 Å². The highest BCUT2D eigenvalue weighted by Gasteiger charge is 2.49. The fourth-order valence-corrected chi connectivity index (χ4v) is 4.83. The van der Waals surface area contributed by atoms with Crippen LogP contribution in [0.4, 0.5) is 0 Å². The lowest BCUT2D eigenvalue weighted by molar-refractivity contribution is -0.0560. The average Bonchev–Trinajstić information content (AvgIpc) is 2.54. The predicted molar refractivity (Wildman–Crippen MR) is 98.2 cm³/mol. The molecule has 0 spiro atoms. The van der Waals surface area contributed by atoms with Gasteiger partial charge < -0.3 is 20.1 Å². The number of phenols is 1. The zero-order valence-corrected chi connectivity index (χ0v) is 15.5. The van der Waals surface area contributed by atoms with Gasteiger partial charge in [0.15, 0.2) is 0 Å². The zero-order valence-electron chi connectivity index (χ0n) is 15.5. The molecule has 140 valence electrons. The summed E-state index contributed by atoms with van der Waals surface area (Å²) in [6.07, 6.45) is 6.92. The topological polar surface area (TPSA) is 69.9 Å². The van der Waals surface area contributed by atoms with E-state index in [2.05, 4.69) is 19.9 Å². The Labute approximate surface area is 150 Å². The maximum atomic E-state index is 10.7. The van der Waals surface area contributed by atoms with Crippen molar-refractivity contribution in [3.05, 3.63) is 23.3 Å². The van der Waals surface area contributed by atoms with Crippen molar-refractivity contribution < 1.29 is 20.1 Å². The molecule has 4 nitrogen and oxygen atoms in total. The van der Waals surface area contributed by atoms with Gasteiger partial charge in [-0.1, -0.05) is 19.8 Å². The third kappa shape index (κ3) is 3.65. The lowest BCUT2D eigenvalue weighted by Crippen LogP contribution is -2.50. The second-order valence-electron chi connectivity index (χ2n) is 8.05. The molecule has 2 aliphatic rings. The molecule has 1 aliphatic carbocycles. The van der Waals surface area contributed by atoms with Crippen LogP contribution in [0.1, 0.15) is 75.8 Å². The van der Waals surface area contributed by atoms with Crippen molar-refractivity contribution in [1.29, 1.82) is 0 Å². The predicted octanol–water partition coefficient (Wildman–Crippen LogP) is 3.90. The number of fused-ring (bicyclic) bond motifs is 3. The van der Waals surface area contributed by atoms with Gasteiger partial charge in [-0.05, 0) is 56.7 Å². The Balaban J connectivity index is 1.96. The lowest BCUT2D eigenvalue weighted by atomic mass is 9.64. The molecule has 0 amide bonds. The third-order valence-corrected chi connectivity index (χ3v) is 6.18. The molecule has 0 radical (unpaired) electrons. The van der Waals surface area contributed by atoms with Gasteiger partial charge in [-0.2, -0.15) is 0 Å². The molecule has 1 aromatic carbocycles. The van der Waals surface area contributed by atoms with Gasteiger partial charge in [0.05, 0.1) is 6.10 Å². The third-order valence-electron chi connectivity index (χ3n) is 6.18. The van der Waals surface area contributed by atoms with Crippen molar-refractivity contribution in [2.24, 2.45) is 5.92 Å². The van der Waals surface area contributed by atoms with E-state index in [1.54, 1.807) is 0 Å². The number of hydrogen-bond donors (Lipinski definition) is 3. The van der Waals surface area contributed by atoms with Crippen LogP contribution < -0.4 is 4.74 Å². The van der Waals surface area contributed by atoms with Gasteiger partial charge in [-0.15, -0.1) is 0 Å². The highest BCUT2D eigenvalue weighted by molar-refractivity contribution is 5.52. The average molecular weight is 348 g/mol. The van der Waals surface area contributed by atoms with Crippen LogP contribution in [0.5, 0.6) is 11.5 Å². The van der Waals surface area contributed by atoms with Gasteiger partial charge in [0.25, 0.3) is 0 Å². The summed E-state index contributed by atoms with van der Waals surface area (Å²) >= 11 is 0. The van der Waals surface area contributed by atoms with E-state index in [-0.39, 0.29) is 24.5 Å². The fourth-order valence-electron chi connectivity index (χ4n) is 4.83. The molecule has 1 aliphatic heterocycles. The van der Waals surface area contributed by atoms with Gasteiger partial charge in [0.2, 0.25) is 0 Å². The molecule has 0 aromatic heterocycles. The standard InChI is InChI=1S/C21H32O4/c1-3-4-5-6-14-11-18(24)20-16-13-15(23)7-8-17(16)21(2,9-10-22)25-19(20)12-14/h11-12,15-17,22-24H,3-10,13H2,1-2H3/t15-,16-,17-,21-/m1/s1. The van der Waals surface area contributed by atoms with E-state index >= 15 is 0 Å². The SMILES string of the molecule is CCCCCc1cc(O)c2c(c1)O[C@](C)(CCO)[C@@H]1CC[C@@H](O)C[C@@H]21. The van der Waals surface area contributed by atoms with E-state index in [1.807, 2.05) is 6.07 Å². The molecule has 3 N–H and O–H groups in total. The van der Waals surface area contributed by atoms with Gasteiger partial charge in [0.1, 0.15) is 17.1 Å². The van der Waals surface area contributed by atoms with E-state index in [0.29, 0.717) is 18.6 Å². The first-order valence-electron chi connectivity index (χ1n) is 9.82. The highest BCUT2D eigenvalue weighted by atomic mass is 16.5. The fraction of sp³-hybridized carbons (Fsp3) is 0.714. The summed E-state index contributed by atoms with van der Waals surface area (Å²) in [5, 5.41) is 30.4. The van der Waals surface area contributed by atoms with Crippen LogP contribution in [0, 0.1) is 5.92 Å². The summed E-state index contributed by atoms with van der Waals surface area (Å²) in [7, 11) is 0. The van der Waals surface area contributed by atoms with Gasteiger partial charge >= 0.3 is 0 Å². The van der Waals surface area contributed by atoms with Crippen LogP contribution in [-0.4, -0.2) is 33.6 Å². The summed E-state index contributed by atoms with van der Waals surface area (Å²) in [5.41, 5.74) is 1.52. The molecule has 1 fully saturated rings. The number of benzene rings is 1. The van der Waals surface area contributed by atoms with Crippen LogP contribution in [0.25, 0.3) is 0 Å². The van der Waals surface area contributed by atoms with Crippen molar-refractivity contribution in [1.82, 2.24) is 0 Å². The van der Waals surface area contributed by atoms with E-state index in [9.17, 15) is 15.3 Å². The molecule has 0 unspecified atom stereocenters. The smallest absolute Gasteiger partial charge is 0.127 e. The van der Waals surface area contributed by atoms with Crippen molar-refractivity contribution in [3.8, 4) is 11.5 Å². The van der Waals surface area contributed by atoms with E-state index < -0.39 is 5.60 Å². The minimum absolute atomic E-state index is 0.0831. The van der Waals surface area contributed by atoms with Crippen molar-refractivity contribution >= 4 is 0 Å². The molecule has 0 saturated heterocycles. The minimum atomic E-state index is -0.443. The molecule has 3 rings (SSSR count). The first kappa shape index (κ1) is 18.5. The minimum Gasteiger partial charge on any atom is -0.508 e. The Morgan fingerprint density at radius 2 is 2.04 bits per heavy atom. The molecular weight excluding hydrogens is 316 g/mol. The quantitative estimate of drug-likeness (QED) is 0.682. The Hall–Kier alpha value is -1.26. The monoisotopic (exact) mass is 348 g/mol. The molecule has 4 heteroatoms. The van der Waals surface area contributed by atoms with E-state index in [1.165, 1.54) is 12.8 Å². The maximum absolute atomic E-state index is 10.7. The summed E-state index contributed by atoms with van der Waals surface area (Å²) in [5.74, 6) is 1.36. The van der Waals surface area contributed by atoms with E-state index in [0.717, 1.165) is 42.6 Å². The van der Waals surface area contributed by atoms with E-state index in [4.69, 9.17) is 4.74 Å². The zero-order chi connectivity index (χ0) is 18.0. The Kier molecular flexibility index (Phi) is 5.59. The van der Waals surface area contributed by atoms with Gasteiger partial charge in [-0.25, -0.2) is 0 Å². The molecule has 1 heterocycles. The first-order valence-corrected chi connectivity index (χ1v) is 9.82. The van der Waals surface area contributed by atoms with Crippen LogP contribution >= 0.6 is 0 Å². The molecule has 1 saturated carbocycles. The lowest BCUT2D eigenvalue weighted by Gasteiger charge is -2.50. The molecule has 25 heavy (non-hydrogen) atoms. The van der Waals surface area contributed by atoms with Crippen molar-refractivity contribution in [3.63, 3.8) is 0 Å². The Morgan fingerprint density at radius 3 is 2.76 bits per heavy atom. The Morgan fingerprint density at radius 1 is 1.24 bits per heavy atom. The van der Waals surface area contributed by atoms with Crippen LogP contribution in [0.15, 0.2) is 12.1 Å². The number of ether oxygens (including phenoxy) is 1. The van der Waals surface area contributed by atoms with Crippen LogP contribution in [0.3, 0.4) is 0 Å². The largest absolute Gasteiger partial charge is 0.508 e. The number of phenolic OH excluding ortho intramolecular Hbond substituents is 1. The van der Waals surface area contributed by atoms with Crippen LogP contribution in [-0.2, 0) is 6.42 Å². The van der Waals surface area contributed by atoms with Gasteiger partial charge in [-0.3, -0.25) is 0 Å². The summed E-state index contributed by atoms with van der Waals surface area (Å²) in [6.45, 7) is 4.34. The van der Waals surface area contributed by atoms with Crippen LogP contribution in [0.2, 0.25) is 0 Å². The number of rotatable bonds is 6. The second-order valence-corrected chi connectivity index (χ2v) is 8.05. The maximum Gasteiger partial charge on any atom is 0.127 e. The normalized spacial score (nSPS) is 31.1.